The van der Waals surface area contributed by atoms with E-state index in [4.69, 9.17) is 5.11 Å². The minimum absolute atomic E-state index is 0.0561. The highest BCUT2D eigenvalue weighted by atomic mass is 16.3. The van der Waals surface area contributed by atoms with Crippen molar-refractivity contribution in [1.29, 1.82) is 0 Å². The van der Waals surface area contributed by atoms with E-state index in [9.17, 15) is 4.79 Å². The van der Waals surface area contributed by atoms with Crippen LogP contribution in [0.5, 0.6) is 0 Å². The van der Waals surface area contributed by atoms with Crippen molar-refractivity contribution in [2.45, 2.75) is 31.8 Å². The molecule has 1 fully saturated rings. The van der Waals surface area contributed by atoms with E-state index in [1.807, 2.05) is 6.07 Å². The molecule has 0 aromatic heterocycles. The molecule has 2 N–H and O–H groups in total. The summed E-state index contributed by atoms with van der Waals surface area (Å²) in [7, 11) is 0. The van der Waals surface area contributed by atoms with Gasteiger partial charge in [-0.05, 0) is 18.4 Å². The number of carbonyl (C=O) groups excluding carboxylic acids is 1. The highest BCUT2D eigenvalue weighted by Gasteiger charge is 2.23. The number of rotatable bonds is 6. The lowest BCUT2D eigenvalue weighted by molar-refractivity contribution is -0.122. The monoisotopic (exact) mass is 262 g/mol. The number of aliphatic hydroxyl groups excluding tert-OH is 1. The van der Waals surface area contributed by atoms with Gasteiger partial charge in [-0.1, -0.05) is 30.3 Å². The molecule has 1 atom stereocenters. The highest BCUT2D eigenvalue weighted by molar-refractivity contribution is 5.76. The zero-order chi connectivity index (χ0) is 13.5. The van der Waals surface area contributed by atoms with E-state index in [1.54, 1.807) is 0 Å². The second kappa shape index (κ2) is 7.26. The predicted octanol–water partition coefficient (Wildman–Crippen LogP) is 1.15. The molecule has 4 heteroatoms. The first-order chi connectivity index (χ1) is 9.28. The summed E-state index contributed by atoms with van der Waals surface area (Å²) in [5, 5.41) is 11.7. The zero-order valence-electron chi connectivity index (χ0n) is 11.2. The number of nitrogens with zero attached hydrogens (tertiary/aromatic N) is 1. The topological polar surface area (TPSA) is 52.6 Å². The molecular formula is C15H22N2O2. The van der Waals surface area contributed by atoms with Crippen LogP contribution in [0.1, 0.15) is 24.8 Å². The molecule has 0 bridgehead atoms. The van der Waals surface area contributed by atoms with Gasteiger partial charge in [0.1, 0.15) is 0 Å². The fourth-order valence-corrected chi connectivity index (χ4v) is 2.48. The number of hydrogen-bond acceptors (Lipinski definition) is 3. The highest BCUT2D eigenvalue weighted by Crippen LogP contribution is 2.13. The summed E-state index contributed by atoms with van der Waals surface area (Å²) in [6.45, 7) is 2.97. The second-order valence-electron chi connectivity index (χ2n) is 5.10. The van der Waals surface area contributed by atoms with E-state index in [1.165, 1.54) is 5.56 Å². The molecule has 1 heterocycles. The Hall–Kier alpha value is -1.39. The molecule has 2 rings (SSSR count). The van der Waals surface area contributed by atoms with Crippen LogP contribution < -0.4 is 5.32 Å². The largest absolute Gasteiger partial charge is 0.396 e. The van der Waals surface area contributed by atoms with Crippen LogP contribution in [-0.2, 0) is 11.3 Å². The van der Waals surface area contributed by atoms with Crippen LogP contribution in [0.2, 0.25) is 0 Å². The van der Waals surface area contributed by atoms with Crippen molar-refractivity contribution in [2.75, 3.05) is 19.7 Å². The molecular weight excluding hydrogens is 240 g/mol. The van der Waals surface area contributed by atoms with Gasteiger partial charge in [0.25, 0.3) is 0 Å². The average molecular weight is 262 g/mol. The quantitative estimate of drug-likeness (QED) is 0.808. The summed E-state index contributed by atoms with van der Waals surface area (Å²) in [5.74, 6) is 0.0561. The Morgan fingerprint density at radius 1 is 1.37 bits per heavy atom. The molecule has 1 saturated heterocycles. The minimum Gasteiger partial charge on any atom is -0.396 e. The van der Waals surface area contributed by atoms with Crippen LogP contribution in [0.25, 0.3) is 0 Å². The summed E-state index contributed by atoms with van der Waals surface area (Å²) in [6.07, 6.45) is 1.98. The van der Waals surface area contributed by atoms with Crippen molar-refractivity contribution < 1.29 is 9.90 Å². The summed E-state index contributed by atoms with van der Waals surface area (Å²) in [6, 6.07) is 10.7. The third-order valence-corrected chi connectivity index (χ3v) is 3.45. The first-order valence-corrected chi connectivity index (χ1v) is 6.94. The van der Waals surface area contributed by atoms with Gasteiger partial charge < -0.3 is 10.4 Å². The van der Waals surface area contributed by atoms with Gasteiger partial charge >= 0.3 is 0 Å². The summed E-state index contributed by atoms with van der Waals surface area (Å²) in [4.78, 5) is 13.9. The van der Waals surface area contributed by atoms with Gasteiger partial charge in [0.15, 0.2) is 0 Å². The van der Waals surface area contributed by atoms with Crippen molar-refractivity contribution in [3.63, 3.8) is 0 Å². The number of benzene rings is 1. The van der Waals surface area contributed by atoms with Gasteiger partial charge in [-0.3, -0.25) is 9.69 Å². The normalized spacial score (nSPS) is 19.5. The van der Waals surface area contributed by atoms with Crippen LogP contribution in [0.4, 0.5) is 0 Å². The third kappa shape index (κ3) is 4.65. The maximum absolute atomic E-state index is 11.6. The number of nitrogens with one attached hydrogen (secondary N) is 1. The molecule has 0 saturated carbocycles. The van der Waals surface area contributed by atoms with Crippen molar-refractivity contribution in [3.8, 4) is 0 Å². The molecule has 0 spiro atoms. The van der Waals surface area contributed by atoms with Gasteiger partial charge in [0.2, 0.25) is 5.91 Å². The smallest absolute Gasteiger partial charge is 0.220 e. The summed E-state index contributed by atoms with van der Waals surface area (Å²) in [5.41, 5.74) is 1.31. The first-order valence-electron chi connectivity index (χ1n) is 6.94. The molecule has 4 nitrogen and oxygen atoms in total. The molecule has 1 aromatic carbocycles. The van der Waals surface area contributed by atoms with E-state index in [-0.39, 0.29) is 18.6 Å². The lowest BCUT2D eigenvalue weighted by Gasteiger charge is -2.16. The van der Waals surface area contributed by atoms with Gasteiger partial charge in [-0.2, -0.15) is 0 Å². The first kappa shape index (κ1) is 14.0. The minimum atomic E-state index is 0.0561. The second-order valence-corrected chi connectivity index (χ2v) is 5.10. The van der Waals surface area contributed by atoms with E-state index >= 15 is 0 Å². The fraction of sp³-hybridized carbons (Fsp3) is 0.533. The number of carbonyl (C=O) groups is 1. The molecule has 19 heavy (non-hydrogen) atoms. The third-order valence-electron chi connectivity index (χ3n) is 3.45. The Bertz CT molecular complexity index is 394. The summed E-state index contributed by atoms with van der Waals surface area (Å²) >= 11 is 0. The van der Waals surface area contributed by atoms with Crippen LogP contribution in [0.3, 0.4) is 0 Å². The van der Waals surface area contributed by atoms with Gasteiger partial charge in [-0.15, -0.1) is 0 Å². The predicted molar refractivity (Wildman–Crippen MR) is 74.6 cm³/mol. The Morgan fingerprint density at radius 2 is 2.16 bits per heavy atom. The fourth-order valence-electron chi connectivity index (χ4n) is 2.48. The molecule has 0 aliphatic carbocycles. The zero-order valence-corrected chi connectivity index (χ0v) is 11.2. The summed E-state index contributed by atoms with van der Waals surface area (Å²) < 4.78 is 0. The molecule has 1 aromatic rings. The number of hydrogen-bond donors (Lipinski definition) is 2. The lowest BCUT2D eigenvalue weighted by atomic mass is 10.2. The van der Waals surface area contributed by atoms with Crippen molar-refractivity contribution >= 4 is 5.91 Å². The molecule has 0 radical (unpaired) electrons. The van der Waals surface area contributed by atoms with Crippen LogP contribution >= 0.6 is 0 Å². The van der Waals surface area contributed by atoms with E-state index in [0.29, 0.717) is 12.8 Å². The Labute approximate surface area is 114 Å². The maximum Gasteiger partial charge on any atom is 0.220 e. The number of aliphatic hydroxyl groups is 1. The average Bonchev–Trinajstić information content (AvgIpc) is 2.85. The lowest BCUT2D eigenvalue weighted by Crippen LogP contribution is -2.36. The van der Waals surface area contributed by atoms with Crippen molar-refractivity contribution in [3.05, 3.63) is 35.9 Å². The van der Waals surface area contributed by atoms with E-state index in [2.05, 4.69) is 34.5 Å². The van der Waals surface area contributed by atoms with Gasteiger partial charge in [0, 0.05) is 38.7 Å². The Balaban J connectivity index is 1.72. The molecule has 1 aliphatic heterocycles. The number of likely N-dealkylation sites (tertiary alicyclic amines) is 1. The Morgan fingerprint density at radius 3 is 2.89 bits per heavy atom. The molecule has 1 amide bonds. The van der Waals surface area contributed by atoms with Gasteiger partial charge in [-0.25, -0.2) is 0 Å². The number of amides is 1. The van der Waals surface area contributed by atoms with Crippen molar-refractivity contribution in [2.24, 2.45) is 0 Å². The van der Waals surface area contributed by atoms with Crippen molar-refractivity contribution in [1.82, 2.24) is 10.2 Å². The van der Waals surface area contributed by atoms with Crippen LogP contribution in [0.15, 0.2) is 30.3 Å². The van der Waals surface area contributed by atoms with Crippen LogP contribution in [-0.4, -0.2) is 41.7 Å². The van der Waals surface area contributed by atoms with Crippen LogP contribution in [0, 0.1) is 0 Å². The van der Waals surface area contributed by atoms with E-state index < -0.39 is 0 Å². The SMILES string of the molecule is O=C(CCCO)NC1CCN(Cc2ccccc2)C1. The standard InChI is InChI=1S/C15H22N2O2/c18-10-4-7-15(19)16-14-8-9-17(12-14)11-13-5-2-1-3-6-13/h1-3,5-6,14,18H,4,7-12H2,(H,16,19). The molecule has 1 aliphatic rings. The van der Waals surface area contributed by atoms with E-state index in [0.717, 1.165) is 26.1 Å². The van der Waals surface area contributed by atoms with Gasteiger partial charge in [0.05, 0.1) is 0 Å². The molecule has 1 unspecified atom stereocenters. The maximum atomic E-state index is 11.6. The molecule has 104 valence electrons. The Kier molecular flexibility index (Phi) is 5.36.